The van der Waals surface area contributed by atoms with Crippen LogP contribution in [0.25, 0.3) is 0 Å². The van der Waals surface area contributed by atoms with Crippen LogP contribution in [-0.2, 0) is 11.2 Å². The van der Waals surface area contributed by atoms with Crippen molar-refractivity contribution in [1.82, 2.24) is 5.32 Å². The van der Waals surface area contributed by atoms with E-state index in [0.717, 1.165) is 32.1 Å². The number of amides is 1. The van der Waals surface area contributed by atoms with Crippen LogP contribution in [0.4, 0.5) is 0 Å². The third kappa shape index (κ3) is 5.01. The highest BCUT2D eigenvalue weighted by Crippen LogP contribution is 2.31. The molecule has 1 aliphatic rings. The van der Waals surface area contributed by atoms with Gasteiger partial charge in [0.05, 0.1) is 5.92 Å². The standard InChI is InChI=1S/C17H26N2O.ClH/c1-13-6-5-7-14(12-13)9-11-19-16(20)15-8-3-4-10-17(15,2)18;/h5-7,12,15H,3-4,8-11,18H2,1-2H3,(H,19,20);1H. The van der Waals surface area contributed by atoms with E-state index in [1.807, 2.05) is 6.92 Å². The maximum atomic E-state index is 12.3. The maximum absolute atomic E-state index is 12.3. The number of carbonyl (C=O) groups excluding carboxylic acids is 1. The van der Waals surface area contributed by atoms with Crippen molar-refractivity contribution in [2.24, 2.45) is 11.7 Å². The van der Waals surface area contributed by atoms with Gasteiger partial charge in [-0.15, -0.1) is 12.4 Å². The molecule has 4 heteroatoms. The molecule has 118 valence electrons. The van der Waals surface area contributed by atoms with Gasteiger partial charge in [-0.2, -0.15) is 0 Å². The summed E-state index contributed by atoms with van der Waals surface area (Å²) < 4.78 is 0. The van der Waals surface area contributed by atoms with Crippen LogP contribution in [0.2, 0.25) is 0 Å². The molecular weight excluding hydrogens is 284 g/mol. The molecule has 21 heavy (non-hydrogen) atoms. The minimum atomic E-state index is -0.342. The lowest BCUT2D eigenvalue weighted by molar-refractivity contribution is -0.128. The molecule has 1 aromatic rings. The Morgan fingerprint density at radius 3 is 2.86 bits per heavy atom. The number of halogens is 1. The maximum Gasteiger partial charge on any atom is 0.224 e. The first-order valence-electron chi connectivity index (χ1n) is 7.61. The molecule has 0 aromatic heterocycles. The third-order valence-corrected chi connectivity index (χ3v) is 4.37. The highest BCUT2D eigenvalue weighted by molar-refractivity contribution is 5.85. The zero-order valence-corrected chi connectivity index (χ0v) is 13.8. The fourth-order valence-corrected chi connectivity index (χ4v) is 3.11. The van der Waals surface area contributed by atoms with Crippen molar-refractivity contribution in [2.75, 3.05) is 6.54 Å². The summed E-state index contributed by atoms with van der Waals surface area (Å²) in [6.07, 6.45) is 5.00. The molecule has 1 amide bonds. The average molecular weight is 311 g/mol. The zero-order chi connectivity index (χ0) is 14.6. The fraction of sp³-hybridized carbons (Fsp3) is 0.588. The largest absolute Gasteiger partial charge is 0.355 e. The molecule has 0 heterocycles. The van der Waals surface area contributed by atoms with Crippen LogP contribution in [0.15, 0.2) is 24.3 Å². The van der Waals surface area contributed by atoms with Gasteiger partial charge in [0.25, 0.3) is 0 Å². The van der Waals surface area contributed by atoms with E-state index in [4.69, 9.17) is 5.73 Å². The lowest BCUT2D eigenvalue weighted by Crippen LogP contribution is -2.53. The van der Waals surface area contributed by atoms with Crippen LogP contribution in [-0.4, -0.2) is 18.0 Å². The van der Waals surface area contributed by atoms with Gasteiger partial charge >= 0.3 is 0 Å². The van der Waals surface area contributed by atoms with E-state index in [1.54, 1.807) is 0 Å². The first kappa shape index (κ1) is 18.0. The van der Waals surface area contributed by atoms with E-state index in [1.165, 1.54) is 11.1 Å². The first-order valence-corrected chi connectivity index (χ1v) is 7.61. The summed E-state index contributed by atoms with van der Waals surface area (Å²) in [6, 6.07) is 8.42. The monoisotopic (exact) mass is 310 g/mol. The predicted octanol–water partition coefficient (Wildman–Crippen LogP) is 2.98. The lowest BCUT2D eigenvalue weighted by Gasteiger charge is -2.37. The van der Waals surface area contributed by atoms with Crippen molar-refractivity contribution in [2.45, 2.75) is 51.5 Å². The topological polar surface area (TPSA) is 55.1 Å². The Bertz CT molecular complexity index is 474. The molecule has 0 spiro atoms. The van der Waals surface area contributed by atoms with Crippen LogP contribution in [0, 0.1) is 12.8 Å². The molecule has 1 aromatic carbocycles. The second-order valence-corrected chi connectivity index (χ2v) is 6.33. The number of rotatable bonds is 4. The van der Waals surface area contributed by atoms with Crippen LogP contribution < -0.4 is 11.1 Å². The molecule has 3 nitrogen and oxygen atoms in total. The predicted molar refractivity (Wildman–Crippen MR) is 89.7 cm³/mol. The molecule has 2 rings (SSSR count). The fourth-order valence-electron chi connectivity index (χ4n) is 3.11. The summed E-state index contributed by atoms with van der Waals surface area (Å²) in [6.45, 7) is 4.79. The Hall–Kier alpha value is -1.06. The van der Waals surface area contributed by atoms with Crippen molar-refractivity contribution < 1.29 is 4.79 Å². The van der Waals surface area contributed by atoms with E-state index in [9.17, 15) is 4.79 Å². The average Bonchev–Trinajstić information content (AvgIpc) is 2.38. The molecular formula is C17H27ClN2O. The van der Waals surface area contributed by atoms with Crippen molar-refractivity contribution in [3.05, 3.63) is 35.4 Å². The van der Waals surface area contributed by atoms with E-state index < -0.39 is 0 Å². The minimum Gasteiger partial charge on any atom is -0.355 e. The van der Waals surface area contributed by atoms with Crippen LogP contribution in [0.1, 0.15) is 43.7 Å². The number of carbonyl (C=O) groups is 1. The van der Waals surface area contributed by atoms with Crippen molar-refractivity contribution in [3.63, 3.8) is 0 Å². The summed E-state index contributed by atoms with van der Waals surface area (Å²) >= 11 is 0. The van der Waals surface area contributed by atoms with Gasteiger partial charge < -0.3 is 11.1 Å². The number of hydrogen-bond donors (Lipinski definition) is 2. The van der Waals surface area contributed by atoms with Gasteiger partial charge in [0, 0.05) is 12.1 Å². The van der Waals surface area contributed by atoms with E-state index >= 15 is 0 Å². The third-order valence-electron chi connectivity index (χ3n) is 4.37. The van der Waals surface area contributed by atoms with Gasteiger partial charge in [0.15, 0.2) is 0 Å². The minimum absolute atomic E-state index is 0. The molecule has 0 radical (unpaired) electrons. The molecule has 2 atom stereocenters. The SMILES string of the molecule is Cc1cccc(CCNC(=O)C2CCCCC2(C)N)c1.Cl. The highest BCUT2D eigenvalue weighted by Gasteiger charge is 2.37. The van der Waals surface area contributed by atoms with Crippen LogP contribution in [0.3, 0.4) is 0 Å². The molecule has 0 bridgehead atoms. The summed E-state index contributed by atoms with van der Waals surface area (Å²) in [5.74, 6) is 0.0936. The summed E-state index contributed by atoms with van der Waals surface area (Å²) in [7, 11) is 0. The highest BCUT2D eigenvalue weighted by atomic mass is 35.5. The van der Waals surface area contributed by atoms with Crippen molar-refractivity contribution in [3.8, 4) is 0 Å². The summed E-state index contributed by atoms with van der Waals surface area (Å²) in [5, 5.41) is 3.06. The summed E-state index contributed by atoms with van der Waals surface area (Å²) in [5.41, 5.74) is 8.45. The normalized spacial score (nSPS) is 25.0. The Morgan fingerprint density at radius 1 is 1.43 bits per heavy atom. The van der Waals surface area contributed by atoms with E-state index in [-0.39, 0.29) is 29.8 Å². The Morgan fingerprint density at radius 2 is 2.19 bits per heavy atom. The molecule has 2 unspecified atom stereocenters. The Labute approximate surface area is 134 Å². The second-order valence-electron chi connectivity index (χ2n) is 6.33. The molecule has 1 fully saturated rings. The number of nitrogens with one attached hydrogen (secondary N) is 1. The van der Waals surface area contributed by atoms with Gasteiger partial charge in [-0.05, 0) is 38.7 Å². The van der Waals surface area contributed by atoms with E-state index in [0.29, 0.717) is 6.54 Å². The quantitative estimate of drug-likeness (QED) is 0.898. The van der Waals surface area contributed by atoms with Gasteiger partial charge in [-0.1, -0.05) is 42.7 Å². The first-order chi connectivity index (χ1) is 9.49. The van der Waals surface area contributed by atoms with Gasteiger partial charge in [0.2, 0.25) is 5.91 Å². The Kier molecular flexibility index (Phi) is 6.69. The van der Waals surface area contributed by atoms with Crippen molar-refractivity contribution in [1.29, 1.82) is 0 Å². The number of hydrogen-bond acceptors (Lipinski definition) is 2. The van der Waals surface area contributed by atoms with Crippen LogP contribution >= 0.6 is 12.4 Å². The zero-order valence-electron chi connectivity index (χ0n) is 13.0. The van der Waals surface area contributed by atoms with Gasteiger partial charge in [-0.25, -0.2) is 0 Å². The number of nitrogens with two attached hydrogens (primary N) is 1. The smallest absolute Gasteiger partial charge is 0.224 e. The van der Waals surface area contributed by atoms with Gasteiger partial charge in [-0.3, -0.25) is 4.79 Å². The molecule has 3 N–H and O–H groups in total. The van der Waals surface area contributed by atoms with Gasteiger partial charge in [0.1, 0.15) is 0 Å². The van der Waals surface area contributed by atoms with Crippen LogP contribution in [0.5, 0.6) is 0 Å². The molecule has 1 aliphatic carbocycles. The molecule has 1 saturated carbocycles. The van der Waals surface area contributed by atoms with E-state index in [2.05, 4.69) is 36.5 Å². The molecule has 0 saturated heterocycles. The number of benzene rings is 1. The Balaban J connectivity index is 0.00000220. The summed E-state index contributed by atoms with van der Waals surface area (Å²) in [4.78, 5) is 12.3. The molecule has 0 aliphatic heterocycles. The lowest BCUT2D eigenvalue weighted by atomic mass is 9.74. The second kappa shape index (κ2) is 7.81. The number of aryl methyl sites for hydroxylation is 1. The van der Waals surface area contributed by atoms with Crippen molar-refractivity contribution >= 4 is 18.3 Å².